The maximum absolute atomic E-state index is 11.9. The van der Waals surface area contributed by atoms with Gasteiger partial charge in [-0.3, -0.25) is 4.79 Å². The summed E-state index contributed by atoms with van der Waals surface area (Å²) in [5, 5.41) is 4.18. The van der Waals surface area contributed by atoms with E-state index in [0.717, 1.165) is 4.90 Å². The Bertz CT molecular complexity index is 634. The van der Waals surface area contributed by atoms with Crippen LogP contribution in [0.25, 0.3) is 0 Å². The highest BCUT2D eigenvalue weighted by molar-refractivity contribution is 8.00. The Morgan fingerprint density at radius 1 is 1.18 bits per heavy atom. The van der Waals surface area contributed by atoms with Crippen molar-refractivity contribution in [1.29, 1.82) is 0 Å². The zero-order valence-corrected chi connectivity index (χ0v) is 14.5. The highest BCUT2D eigenvalue weighted by Gasteiger charge is 2.09. The highest BCUT2D eigenvalue weighted by Crippen LogP contribution is 2.29. The van der Waals surface area contributed by atoms with Gasteiger partial charge in [-0.2, -0.15) is 0 Å². The molecule has 1 atom stereocenters. The van der Waals surface area contributed by atoms with Crippen molar-refractivity contribution < 1.29 is 4.79 Å². The standard InChI is InChI=1S/C17H17Cl2NOS/c1-12(13-5-3-2-4-6-13)10-20-17(21)11-22-16-9-14(18)7-8-15(16)19/h2-9,12H,10-11H2,1H3,(H,20,21)/t12-/m1/s1. The molecule has 0 bridgehead atoms. The fourth-order valence-electron chi connectivity index (χ4n) is 1.95. The van der Waals surface area contributed by atoms with Crippen LogP contribution in [0.1, 0.15) is 18.4 Å². The van der Waals surface area contributed by atoms with Crippen LogP contribution in [0.2, 0.25) is 10.0 Å². The summed E-state index contributed by atoms with van der Waals surface area (Å²) < 4.78 is 0. The molecule has 2 nitrogen and oxygen atoms in total. The Balaban J connectivity index is 1.80. The maximum atomic E-state index is 11.9. The predicted octanol–water partition coefficient (Wildman–Crippen LogP) is 5.01. The fourth-order valence-corrected chi connectivity index (χ4v) is 3.27. The Hall–Kier alpha value is -1.16. The monoisotopic (exact) mass is 353 g/mol. The average molecular weight is 354 g/mol. The van der Waals surface area contributed by atoms with Crippen molar-refractivity contribution in [2.75, 3.05) is 12.3 Å². The number of carbonyl (C=O) groups is 1. The van der Waals surface area contributed by atoms with Crippen molar-refractivity contribution in [3.05, 3.63) is 64.1 Å². The molecule has 2 aromatic carbocycles. The van der Waals surface area contributed by atoms with Crippen molar-refractivity contribution in [3.8, 4) is 0 Å². The third-order valence-electron chi connectivity index (χ3n) is 3.23. The predicted molar refractivity (Wildman–Crippen MR) is 95.1 cm³/mol. The Kier molecular flexibility index (Phi) is 6.62. The van der Waals surface area contributed by atoms with E-state index in [0.29, 0.717) is 22.3 Å². The van der Waals surface area contributed by atoms with Gasteiger partial charge in [0.05, 0.1) is 10.8 Å². The van der Waals surface area contributed by atoms with Crippen LogP contribution >= 0.6 is 35.0 Å². The molecule has 0 aromatic heterocycles. The first kappa shape index (κ1) is 17.2. The molecule has 0 fully saturated rings. The molecule has 1 amide bonds. The van der Waals surface area contributed by atoms with Crippen LogP contribution in [0.15, 0.2) is 53.4 Å². The van der Waals surface area contributed by atoms with Crippen LogP contribution in [0, 0.1) is 0 Å². The van der Waals surface area contributed by atoms with E-state index < -0.39 is 0 Å². The van der Waals surface area contributed by atoms with E-state index in [1.54, 1.807) is 18.2 Å². The molecule has 0 aliphatic carbocycles. The molecule has 0 spiro atoms. The lowest BCUT2D eigenvalue weighted by molar-refractivity contribution is -0.118. The van der Waals surface area contributed by atoms with Crippen molar-refractivity contribution >= 4 is 40.9 Å². The first-order valence-corrected chi connectivity index (χ1v) is 8.70. The van der Waals surface area contributed by atoms with E-state index in [9.17, 15) is 4.79 Å². The second kappa shape index (κ2) is 8.47. The van der Waals surface area contributed by atoms with E-state index >= 15 is 0 Å². The van der Waals surface area contributed by atoms with Gasteiger partial charge >= 0.3 is 0 Å². The first-order chi connectivity index (χ1) is 10.6. The number of thioether (sulfide) groups is 1. The maximum Gasteiger partial charge on any atom is 0.230 e. The topological polar surface area (TPSA) is 29.1 Å². The van der Waals surface area contributed by atoms with Gasteiger partial charge in [0.25, 0.3) is 0 Å². The van der Waals surface area contributed by atoms with Gasteiger partial charge in [0.2, 0.25) is 5.91 Å². The Morgan fingerprint density at radius 3 is 2.64 bits per heavy atom. The molecule has 0 aliphatic rings. The van der Waals surface area contributed by atoms with Crippen molar-refractivity contribution in [3.63, 3.8) is 0 Å². The van der Waals surface area contributed by atoms with Crippen molar-refractivity contribution in [2.24, 2.45) is 0 Å². The third-order valence-corrected chi connectivity index (χ3v) is 4.96. The molecule has 22 heavy (non-hydrogen) atoms. The lowest BCUT2D eigenvalue weighted by Crippen LogP contribution is -2.28. The van der Waals surface area contributed by atoms with Gasteiger partial charge in [-0.05, 0) is 29.7 Å². The molecular formula is C17H17Cl2NOS. The summed E-state index contributed by atoms with van der Waals surface area (Å²) >= 11 is 13.4. The number of hydrogen-bond acceptors (Lipinski definition) is 2. The lowest BCUT2D eigenvalue weighted by atomic mass is 10.0. The third kappa shape index (κ3) is 5.24. The zero-order valence-electron chi connectivity index (χ0n) is 12.2. The quantitative estimate of drug-likeness (QED) is 0.739. The first-order valence-electron chi connectivity index (χ1n) is 6.95. The number of nitrogens with one attached hydrogen (secondary N) is 1. The zero-order chi connectivity index (χ0) is 15.9. The summed E-state index contributed by atoms with van der Waals surface area (Å²) in [6, 6.07) is 15.4. The van der Waals surface area contributed by atoms with Crippen LogP contribution < -0.4 is 5.32 Å². The molecular weight excluding hydrogens is 337 g/mol. The SMILES string of the molecule is C[C@H](CNC(=O)CSc1cc(Cl)ccc1Cl)c1ccccc1. The van der Waals surface area contributed by atoms with Gasteiger partial charge in [-0.25, -0.2) is 0 Å². The summed E-state index contributed by atoms with van der Waals surface area (Å²) in [5.41, 5.74) is 1.22. The number of benzene rings is 2. The number of rotatable bonds is 6. The number of hydrogen-bond donors (Lipinski definition) is 1. The van der Waals surface area contributed by atoms with Gasteiger partial charge in [0, 0.05) is 16.5 Å². The lowest BCUT2D eigenvalue weighted by Gasteiger charge is -2.13. The molecule has 0 unspecified atom stereocenters. The second-order valence-electron chi connectivity index (χ2n) is 4.98. The van der Waals surface area contributed by atoms with E-state index in [1.165, 1.54) is 17.3 Å². The Labute approximate surface area is 145 Å². The number of carbonyl (C=O) groups excluding carboxylic acids is 1. The van der Waals surface area contributed by atoms with Gasteiger partial charge in [-0.1, -0.05) is 60.5 Å². The largest absolute Gasteiger partial charge is 0.355 e. The molecule has 0 saturated carbocycles. The van der Waals surface area contributed by atoms with E-state index in [4.69, 9.17) is 23.2 Å². The molecule has 0 saturated heterocycles. The smallest absolute Gasteiger partial charge is 0.230 e. The normalized spacial score (nSPS) is 12.0. The van der Waals surface area contributed by atoms with Gasteiger partial charge in [0.1, 0.15) is 0 Å². The summed E-state index contributed by atoms with van der Waals surface area (Å²) in [5.74, 6) is 0.593. The minimum Gasteiger partial charge on any atom is -0.355 e. The van der Waals surface area contributed by atoms with Gasteiger partial charge < -0.3 is 5.32 Å². The van der Waals surface area contributed by atoms with Gasteiger partial charge in [-0.15, -0.1) is 11.8 Å². The molecule has 2 aromatic rings. The van der Waals surface area contributed by atoms with Gasteiger partial charge in [0.15, 0.2) is 0 Å². The van der Waals surface area contributed by atoms with Crippen LogP contribution in [0.3, 0.4) is 0 Å². The summed E-state index contributed by atoms with van der Waals surface area (Å²) in [4.78, 5) is 12.8. The van der Waals surface area contributed by atoms with Crippen LogP contribution in [0.4, 0.5) is 0 Å². The molecule has 0 aliphatic heterocycles. The highest BCUT2D eigenvalue weighted by atomic mass is 35.5. The molecule has 0 heterocycles. The van der Waals surface area contributed by atoms with E-state index in [2.05, 4.69) is 24.4 Å². The Morgan fingerprint density at radius 2 is 1.91 bits per heavy atom. The molecule has 1 N–H and O–H groups in total. The fraction of sp³-hybridized carbons (Fsp3) is 0.235. The minimum absolute atomic E-state index is 0.0103. The summed E-state index contributed by atoms with van der Waals surface area (Å²) in [6.45, 7) is 2.71. The minimum atomic E-state index is -0.0103. The number of halogens is 2. The van der Waals surface area contributed by atoms with Crippen LogP contribution in [0.5, 0.6) is 0 Å². The number of amides is 1. The molecule has 5 heteroatoms. The van der Waals surface area contributed by atoms with Crippen LogP contribution in [-0.2, 0) is 4.79 Å². The van der Waals surface area contributed by atoms with E-state index in [-0.39, 0.29) is 11.8 Å². The van der Waals surface area contributed by atoms with E-state index in [1.807, 2.05) is 18.2 Å². The molecule has 0 radical (unpaired) electrons. The second-order valence-corrected chi connectivity index (χ2v) is 6.84. The average Bonchev–Trinajstić information content (AvgIpc) is 2.54. The van der Waals surface area contributed by atoms with Crippen molar-refractivity contribution in [2.45, 2.75) is 17.7 Å². The summed E-state index contributed by atoms with van der Waals surface area (Å²) in [7, 11) is 0. The van der Waals surface area contributed by atoms with Crippen LogP contribution in [-0.4, -0.2) is 18.2 Å². The molecule has 116 valence electrons. The summed E-state index contributed by atoms with van der Waals surface area (Å²) in [6.07, 6.45) is 0. The molecule has 2 rings (SSSR count). The van der Waals surface area contributed by atoms with Crippen molar-refractivity contribution in [1.82, 2.24) is 5.32 Å².